The summed E-state index contributed by atoms with van der Waals surface area (Å²) in [4.78, 5) is 12.5. The molecule has 1 atom stereocenters. The van der Waals surface area contributed by atoms with Gasteiger partial charge in [0.25, 0.3) is 0 Å². The first-order valence-corrected chi connectivity index (χ1v) is 11.6. The minimum Gasteiger partial charge on any atom is -0.480 e. The second-order valence-electron chi connectivity index (χ2n) is 7.94. The van der Waals surface area contributed by atoms with Crippen molar-refractivity contribution in [3.05, 3.63) is 54.1 Å². The molecule has 2 heterocycles. The SMILES string of the molecule is CC(C)Cn1c(SCC(=O)Nc2ccc3c(c2)OCO3)nnc1C(C)Oc1ccccc1F. The summed E-state index contributed by atoms with van der Waals surface area (Å²) in [5, 5.41) is 12.0. The third kappa shape index (κ3) is 5.57. The summed E-state index contributed by atoms with van der Waals surface area (Å²) < 4.78 is 32.4. The Labute approximate surface area is 195 Å². The van der Waals surface area contributed by atoms with E-state index in [0.717, 1.165) is 0 Å². The zero-order valence-corrected chi connectivity index (χ0v) is 19.4. The Morgan fingerprint density at radius 2 is 1.97 bits per heavy atom. The fourth-order valence-corrected chi connectivity index (χ4v) is 4.08. The summed E-state index contributed by atoms with van der Waals surface area (Å²) in [6.45, 7) is 6.77. The van der Waals surface area contributed by atoms with E-state index in [9.17, 15) is 9.18 Å². The van der Waals surface area contributed by atoms with Crippen LogP contribution in [0.3, 0.4) is 0 Å². The standard InChI is InChI=1S/C23H25FN4O4S/c1-14(2)11-28-22(15(3)32-18-7-5-4-6-17(18)24)26-27-23(28)33-12-21(29)25-16-8-9-19-20(10-16)31-13-30-19/h4-10,14-15H,11-13H2,1-3H3,(H,25,29). The molecule has 0 fully saturated rings. The van der Waals surface area contributed by atoms with Crippen molar-refractivity contribution in [3.63, 3.8) is 0 Å². The molecule has 1 aliphatic rings. The van der Waals surface area contributed by atoms with Gasteiger partial charge in [0.1, 0.15) is 0 Å². The fourth-order valence-electron chi connectivity index (χ4n) is 3.33. The maximum Gasteiger partial charge on any atom is 0.234 e. The number of hydrogen-bond donors (Lipinski definition) is 1. The Morgan fingerprint density at radius 1 is 1.18 bits per heavy atom. The number of nitrogens with zero attached hydrogens (tertiary/aromatic N) is 3. The van der Waals surface area contributed by atoms with E-state index in [1.807, 2.05) is 4.57 Å². The predicted octanol–water partition coefficient (Wildman–Crippen LogP) is 4.67. The van der Waals surface area contributed by atoms with Gasteiger partial charge in [-0.15, -0.1) is 10.2 Å². The summed E-state index contributed by atoms with van der Waals surface area (Å²) in [7, 11) is 0. The van der Waals surface area contributed by atoms with Crippen LogP contribution in [0.1, 0.15) is 32.7 Å². The molecule has 0 aliphatic carbocycles. The quantitative estimate of drug-likeness (QED) is 0.453. The highest BCUT2D eigenvalue weighted by atomic mass is 32.2. The molecule has 2 aromatic carbocycles. The van der Waals surface area contributed by atoms with Crippen LogP contribution < -0.4 is 19.5 Å². The number of rotatable bonds is 9. The number of carbonyl (C=O) groups excluding carboxylic acids is 1. The number of amides is 1. The van der Waals surface area contributed by atoms with Crippen LogP contribution in [0.4, 0.5) is 10.1 Å². The molecular formula is C23H25FN4O4S. The van der Waals surface area contributed by atoms with Crippen molar-refractivity contribution in [1.29, 1.82) is 0 Å². The van der Waals surface area contributed by atoms with Crippen LogP contribution in [0.15, 0.2) is 47.6 Å². The molecule has 0 spiro atoms. The molecule has 10 heteroatoms. The molecule has 0 saturated carbocycles. The first kappa shape index (κ1) is 22.9. The molecule has 0 bridgehead atoms. The van der Waals surface area contributed by atoms with E-state index in [1.165, 1.54) is 17.8 Å². The molecule has 1 aromatic heterocycles. The van der Waals surface area contributed by atoms with Gasteiger partial charge in [-0.1, -0.05) is 37.7 Å². The van der Waals surface area contributed by atoms with E-state index in [0.29, 0.717) is 40.6 Å². The molecular weight excluding hydrogens is 447 g/mol. The number of carbonyl (C=O) groups is 1. The van der Waals surface area contributed by atoms with Crippen LogP contribution in [0.5, 0.6) is 17.2 Å². The smallest absolute Gasteiger partial charge is 0.234 e. The molecule has 0 saturated heterocycles. The van der Waals surface area contributed by atoms with Crippen molar-refractivity contribution in [1.82, 2.24) is 14.8 Å². The first-order chi connectivity index (χ1) is 15.9. The van der Waals surface area contributed by atoms with Gasteiger partial charge in [0.2, 0.25) is 12.7 Å². The monoisotopic (exact) mass is 472 g/mol. The second kappa shape index (κ2) is 10.1. The van der Waals surface area contributed by atoms with Crippen LogP contribution in [-0.4, -0.2) is 33.2 Å². The number of fused-ring (bicyclic) bond motifs is 1. The summed E-state index contributed by atoms with van der Waals surface area (Å²) in [5.41, 5.74) is 0.626. The lowest BCUT2D eigenvalue weighted by atomic mass is 10.2. The number of aromatic nitrogens is 3. The number of halogens is 1. The van der Waals surface area contributed by atoms with Crippen molar-refractivity contribution in [2.75, 3.05) is 17.9 Å². The topological polar surface area (TPSA) is 87.5 Å². The van der Waals surface area contributed by atoms with E-state index in [2.05, 4.69) is 29.4 Å². The summed E-state index contributed by atoms with van der Waals surface area (Å²) >= 11 is 1.28. The highest BCUT2D eigenvalue weighted by Gasteiger charge is 2.22. The number of benzene rings is 2. The third-order valence-electron chi connectivity index (χ3n) is 4.79. The molecule has 1 amide bonds. The number of nitrogens with one attached hydrogen (secondary N) is 1. The highest BCUT2D eigenvalue weighted by Crippen LogP contribution is 2.34. The molecule has 8 nitrogen and oxygen atoms in total. The van der Waals surface area contributed by atoms with Crippen molar-refractivity contribution < 1.29 is 23.4 Å². The van der Waals surface area contributed by atoms with Crippen molar-refractivity contribution in [2.45, 2.75) is 38.6 Å². The van der Waals surface area contributed by atoms with E-state index in [4.69, 9.17) is 14.2 Å². The highest BCUT2D eigenvalue weighted by molar-refractivity contribution is 7.99. The van der Waals surface area contributed by atoms with Gasteiger partial charge in [0.15, 0.2) is 40.2 Å². The molecule has 33 heavy (non-hydrogen) atoms. The molecule has 0 radical (unpaired) electrons. The molecule has 174 valence electrons. The van der Waals surface area contributed by atoms with Gasteiger partial charge in [0, 0.05) is 18.3 Å². The van der Waals surface area contributed by atoms with Crippen LogP contribution in [-0.2, 0) is 11.3 Å². The molecule has 1 N–H and O–H groups in total. The van der Waals surface area contributed by atoms with Gasteiger partial charge in [-0.05, 0) is 37.1 Å². The Balaban J connectivity index is 1.43. The van der Waals surface area contributed by atoms with Gasteiger partial charge >= 0.3 is 0 Å². The number of para-hydroxylation sites is 1. The van der Waals surface area contributed by atoms with Gasteiger partial charge in [0.05, 0.1) is 5.75 Å². The largest absolute Gasteiger partial charge is 0.480 e. The average Bonchev–Trinajstić information content (AvgIpc) is 3.40. The Hall–Kier alpha value is -3.27. The van der Waals surface area contributed by atoms with E-state index < -0.39 is 11.9 Å². The lowest BCUT2D eigenvalue weighted by Crippen LogP contribution is -2.17. The average molecular weight is 473 g/mol. The lowest BCUT2D eigenvalue weighted by Gasteiger charge is -2.18. The molecule has 4 rings (SSSR count). The predicted molar refractivity (Wildman–Crippen MR) is 122 cm³/mol. The Kier molecular flexibility index (Phi) is 7.02. The van der Waals surface area contributed by atoms with E-state index in [1.54, 1.807) is 43.3 Å². The first-order valence-electron chi connectivity index (χ1n) is 10.6. The Bertz CT molecular complexity index is 1140. The number of ether oxygens (including phenoxy) is 3. The normalized spacial score (nSPS) is 13.2. The fraction of sp³-hybridized carbons (Fsp3) is 0.348. The van der Waals surface area contributed by atoms with E-state index in [-0.39, 0.29) is 24.2 Å². The molecule has 3 aromatic rings. The van der Waals surface area contributed by atoms with Crippen molar-refractivity contribution in [2.24, 2.45) is 5.92 Å². The summed E-state index contributed by atoms with van der Waals surface area (Å²) in [5.74, 6) is 1.82. The van der Waals surface area contributed by atoms with Crippen LogP contribution in [0, 0.1) is 11.7 Å². The number of anilines is 1. The zero-order valence-electron chi connectivity index (χ0n) is 18.6. The minimum absolute atomic E-state index is 0.146. The lowest BCUT2D eigenvalue weighted by molar-refractivity contribution is -0.113. The van der Waals surface area contributed by atoms with Gasteiger partial charge in [-0.3, -0.25) is 4.79 Å². The number of hydrogen-bond acceptors (Lipinski definition) is 7. The summed E-state index contributed by atoms with van der Waals surface area (Å²) in [6.07, 6.45) is -0.523. The maximum atomic E-state index is 14.0. The van der Waals surface area contributed by atoms with Crippen molar-refractivity contribution in [3.8, 4) is 17.2 Å². The number of thioether (sulfide) groups is 1. The van der Waals surface area contributed by atoms with Gasteiger partial charge in [-0.25, -0.2) is 4.39 Å². The maximum absolute atomic E-state index is 14.0. The van der Waals surface area contributed by atoms with Crippen LogP contribution in [0.2, 0.25) is 0 Å². The third-order valence-corrected chi connectivity index (χ3v) is 5.75. The van der Waals surface area contributed by atoms with Gasteiger partial charge in [-0.2, -0.15) is 0 Å². The van der Waals surface area contributed by atoms with Crippen LogP contribution in [0.25, 0.3) is 0 Å². The molecule has 1 aliphatic heterocycles. The van der Waals surface area contributed by atoms with Gasteiger partial charge < -0.3 is 24.1 Å². The van der Waals surface area contributed by atoms with Crippen LogP contribution >= 0.6 is 11.8 Å². The van der Waals surface area contributed by atoms with Crippen molar-refractivity contribution >= 4 is 23.4 Å². The molecule has 1 unspecified atom stereocenters. The summed E-state index contributed by atoms with van der Waals surface area (Å²) in [6, 6.07) is 11.5. The van der Waals surface area contributed by atoms with E-state index >= 15 is 0 Å². The zero-order chi connectivity index (χ0) is 23.4. The second-order valence-corrected chi connectivity index (χ2v) is 8.88. The minimum atomic E-state index is -0.523. The Morgan fingerprint density at radius 3 is 2.76 bits per heavy atom.